The number of hydrogen-bond donors (Lipinski definition) is 1. The number of carbonyl (C=O) groups is 1. The molecule has 1 unspecified atom stereocenters. The molecule has 4 nitrogen and oxygen atoms in total. The SMILES string of the molecule is C=CCOC(=O)C(N)CC1=C[N]c2ccccc21. The third kappa shape index (κ3) is 2.60. The summed E-state index contributed by atoms with van der Waals surface area (Å²) in [6.45, 7) is 3.67. The van der Waals surface area contributed by atoms with E-state index in [1.807, 2.05) is 24.3 Å². The first kappa shape index (κ1) is 12.4. The zero-order valence-electron chi connectivity index (χ0n) is 10.0. The molecule has 0 amide bonds. The molecule has 0 saturated heterocycles. The number of para-hydroxylation sites is 1. The lowest BCUT2D eigenvalue weighted by Gasteiger charge is -2.11. The minimum Gasteiger partial charge on any atom is -0.460 e. The topological polar surface area (TPSA) is 66.4 Å². The smallest absolute Gasteiger partial charge is 0.323 e. The summed E-state index contributed by atoms with van der Waals surface area (Å²) < 4.78 is 4.91. The van der Waals surface area contributed by atoms with Gasteiger partial charge in [0.25, 0.3) is 0 Å². The molecule has 4 heteroatoms. The van der Waals surface area contributed by atoms with Crippen molar-refractivity contribution in [2.45, 2.75) is 12.5 Å². The van der Waals surface area contributed by atoms with Gasteiger partial charge in [-0.1, -0.05) is 30.9 Å². The Morgan fingerprint density at radius 1 is 1.50 bits per heavy atom. The molecule has 1 heterocycles. The van der Waals surface area contributed by atoms with Crippen molar-refractivity contribution in [3.63, 3.8) is 0 Å². The Labute approximate surface area is 106 Å². The number of benzene rings is 1. The van der Waals surface area contributed by atoms with Crippen LogP contribution in [0.1, 0.15) is 12.0 Å². The van der Waals surface area contributed by atoms with Crippen LogP contribution in [-0.2, 0) is 9.53 Å². The predicted octanol–water partition coefficient (Wildman–Crippen LogP) is 1.72. The van der Waals surface area contributed by atoms with Gasteiger partial charge in [0.1, 0.15) is 12.6 Å². The summed E-state index contributed by atoms with van der Waals surface area (Å²) in [5.41, 5.74) is 8.72. The number of rotatable bonds is 5. The lowest BCUT2D eigenvalue weighted by molar-refractivity contribution is -0.143. The van der Waals surface area contributed by atoms with Crippen molar-refractivity contribution in [1.29, 1.82) is 0 Å². The van der Waals surface area contributed by atoms with Crippen LogP contribution in [0.5, 0.6) is 0 Å². The highest BCUT2D eigenvalue weighted by Gasteiger charge is 2.21. The van der Waals surface area contributed by atoms with Crippen molar-refractivity contribution in [3.05, 3.63) is 48.7 Å². The standard InChI is InChI=1S/C14H15N2O2/c1-2-7-18-14(17)12(15)8-10-9-16-13-6-4-3-5-11(10)13/h2-6,9,12H,1,7-8,15H2. The lowest BCUT2D eigenvalue weighted by atomic mass is 10.0. The Bertz CT molecular complexity index is 494. The predicted molar refractivity (Wildman–Crippen MR) is 70.0 cm³/mol. The quantitative estimate of drug-likeness (QED) is 0.632. The van der Waals surface area contributed by atoms with Crippen LogP contribution in [0.4, 0.5) is 5.69 Å². The molecule has 93 valence electrons. The molecule has 2 N–H and O–H groups in total. The molecule has 1 aliphatic heterocycles. The number of ether oxygens (including phenoxy) is 1. The highest BCUT2D eigenvalue weighted by atomic mass is 16.5. The van der Waals surface area contributed by atoms with Crippen molar-refractivity contribution in [3.8, 4) is 0 Å². The van der Waals surface area contributed by atoms with Crippen molar-refractivity contribution in [2.24, 2.45) is 5.73 Å². The largest absolute Gasteiger partial charge is 0.460 e. The number of hydrogen-bond acceptors (Lipinski definition) is 3. The molecule has 1 aromatic carbocycles. The van der Waals surface area contributed by atoms with Crippen molar-refractivity contribution >= 4 is 17.2 Å². The molecule has 0 saturated carbocycles. The monoisotopic (exact) mass is 243 g/mol. The fourth-order valence-corrected chi connectivity index (χ4v) is 1.81. The van der Waals surface area contributed by atoms with E-state index in [4.69, 9.17) is 10.5 Å². The molecule has 0 aromatic heterocycles. The molecule has 0 bridgehead atoms. The first-order valence-corrected chi connectivity index (χ1v) is 5.75. The number of esters is 1. The molecule has 18 heavy (non-hydrogen) atoms. The van der Waals surface area contributed by atoms with Gasteiger partial charge in [-0.3, -0.25) is 10.1 Å². The normalized spacial score (nSPS) is 14.2. The molecule has 1 aliphatic rings. The van der Waals surface area contributed by atoms with Gasteiger partial charge in [0.15, 0.2) is 0 Å². The van der Waals surface area contributed by atoms with Crippen LogP contribution in [0.2, 0.25) is 0 Å². The third-order valence-corrected chi connectivity index (χ3v) is 2.70. The second-order valence-electron chi connectivity index (χ2n) is 4.03. The van der Waals surface area contributed by atoms with Crippen molar-refractivity contribution < 1.29 is 9.53 Å². The molecule has 1 atom stereocenters. The number of nitrogens with two attached hydrogens (primary N) is 1. The fourth-order valence-electron chi connectivity index (χ4n) is 1.81. The van der Waals surface area contributed by atoms with E-state index in [1.165, 1.54) is 6.08 Å². The minimum atomic E-state index is -0.669. The maximum Gasteiger partial charge on any atom is 0.323 e. The van der Waals surface area contributed by atoms with E-state index in [2.05, 4.69) is 11.9 Å². The Hall–Kier alpha value is -2.07. The van der Waals surface area contributed by atoms with Gasteiger partial charge >= 0.3 is 5.97 Å². The van der Waals surface area contributed by atoms with Crippen molar-refractivity contribution in [1.82, 2.24) is 5.32 Å². The maximum absolute atomic E-state index is 11.5. The summed E-state index contributed by atoms with van der Waals surface area (Å²) in [6, 6.07) is 7.10. The van der Waals surface area contributed by atoms with Crippen LogP contribution < -0.4 is 11.1 Å². The Balaban J connectivity index is 1.99. The van der Waals surface area contributed by atoms with Gasteiger partial charge < -0.3 is 10.5 Å². The summed E-state index contributed by atoms with van der Waals surface area (Å²) >= 11 is 0. The van der Waals surface area contributed by atoms with Crippen LogP contribution in [0.15, 0.2) is 43.1 Å². The van der Waals surface area contributed by atoms with E-state index in [1.54, 1.807) is 6.20 Å². The molecule has 1 radical (unpaired) electrons. The highest BCUT2D eigenvalue weighted by molar-refractivity contribution is 5.84. The molecule has 0 aliphatic carbocycles. The van der Waals surface area contributed by atoms with E-state index in [9.17, 15) is 4.79 Å². The van der Waals surface area contributed by atoms with Gasteiger partial charge in [-0.05, 0) is 11.6 Å². The lowest BCUT2D eigenvalue weighted by Crippen LogP contribution is -2.32. The van der Waals surface area contributed by atoms with Crippen LogP contribution in [-0.4, -0.2) is 18.6 Å². The van der Waals surface area contributed by atoms with Gasteiger partial charge in [-0.15, -0.1) is 0 Å². The first-order chi connectivity index (χ1) is 8.72. The van der Waals surface area contributed by atoms with Gasteiger partial charge in [0.05, 0.1) is 5.69 Å². The van der Waals surface area contributed by atoms with Gasteiger partial charge in [0, 0.05) is 18.2 Å². The number of fused-ring (bicyclic) bond motifs is 1. The van der Waals surface area contributed by atoms with Gasteiger partial charge in [-0.2, -0.15) is 0 Å². The van der Waals surface area contributed by atoms with Crippen LogP contribution in [0.25, 0.3) is 5.57 Å². The van der Waals surface area contributed by atoms with Crippen LogP contribution in [0, 0.1) is 0 Å². The molecule has 2 rings (SSSR count). The Morgan fingerprint density at radius 2 is 2.28 bits per heavy atom. The zero-order chi connectivity index (χ0) is 13.0. The Morgan fingerprint density at radius 3 is 3.06 bits per heavy atom. The summed E-state index contributed by atoms with van der Waals surface area (Å²) in [6.07, 6.45) is 3.70. The summed E-state index contributed by atoms with van der Waals surface area (Å²) in [7, 11) is 0. The average Bonchev–Trinajstić information content (AvgIpc) is 2.79. The number of carbonyl (C=O) groups excluding carboxylic acids is 1. The second-order valence-corrected chi connectivity index (χ2v) is 4.03. The van der Waals surface area contributed by atoms with Crippen LogP contribution in [0.3, 0.4) is 0 Å². The molecule has 0 spiro atoms. The number of nitrogens with zero attached hydrogens (tertiary/aromatic N) is 1. The van der Waals surface area contributed by atoms with E-state index < -0.39 is 12.0 Å². The second kappa shape index (κ2) is 5.51. The van der Waals surface area contributed by atoms with Gasteiger partial charge in [-0.25, -0.2) is 0 Å². The maximum atomic E-state index is 11.5. The van der Waals surface area contributed by atoms with Crippen LogP contribution >= 0.6 is 0 Å². The summed E-state index contributed by atoms with van der Waals surface area (Å²) in [4.78, 5) is 11.5. The van der Waals surface area contributed by atoms with E-state index in [-0.39, 0.29) is 6.61 Å². The van der Waals surface area contributed by atoms with E-state index >= 15 is 0 Å². The fraction of sp³-hybridized carbons (Fsp3) is 0.214. The molecular formula is C14H15N2O2. The first-order valence-electron chi connectivity index (χ1n) is 5.75. The minimum absolute atomic E-state index is 0.187. The highest BCUT2D eigenvalue weighted by Crippen LogP contribution is 2.32. The Kier molecular flexibility index (Phi) is 3.79. The van der Waals surface area contributed by atoms with E-state index in [0.717, 1.165) is 16.8 Å². The summed E-state index contributed by atoms with van der Waals surface area (Å²) in [5, 5.41) is 4.27. The molecular weight excluding hydrogens is 228 g/mol. The molecule has 0 fully saturated rings. The van der Waals surface area contributed by atoms with E-state index in [0.29, 0.717) is 6.42 Å². The van der Waals surface area contributed by atoms with Crippen molar-refractivity contribution in [2.75, 3.05) is 6.61 Å². The van der Waals surface area contributed by atoms with Gasteiger partial charge in [0.2, 0.25) is 0 Å². The zero-order valence-corrected chi connectivity index (χ0v) is 10.0. The average molecular weight is 243 g/mol. The summed E-state index contributed by atoms with van der Waals surface area (Å²) in [5.74, 6) is -0.416. The molecule has 1 aromatic rings. The third-order valence-electron chi connectivity index (χ3n) is 2.70.